The maximum absolute atomic E-state index is 11.2. The average molecular weight is 312 g/mol. The maximum Gasteiger partial charge on any atom is 0.238 e. The van der Waals surface area contributed by atoms with Crippen molar-refractivity contribution in [1.82, 2.24) is 0 Å². The summed E-state index contributed by atoms with van der Waals surface area (Å²) >= 11 is 6.04. The molecule has 0 amide bonds. The summed E-state index contributed by atoms with van der Waals surface area (Å²) in [5, 5.41) is 5.71. The standard InChI is InChI=1S/C14H14ClNO3S/c1-10-8-12(20(16,17)18)6-7-14(10)19-9-11-4-2-3-5-13(11)15/h2-8H,9H2,1H3,(H2,16,17,18). The average Bonchev–Trinajstić information content (AvgIpc) is 2.38. The molecular weight excluding hydrogens is 298 g/mol. The second-order valence-corrected chi connectivity index (χ2v) is 6.32. The van der Waals surface area contributed by atoms with E-state index in [1.165, 1.54) is 12.1 Å². The van der Waals surface area contributed by atoms with E-state index in [0.29, 0.717) is 22.9 Å². The number of aryl methyl sites for hydroxylation is 1. The van der Waals surface area contributed by atoms with E-state index >= 15 is 0 Å². The Balaban J connectivity index is 2.17. The molecule has 0 heterocycles. The minimum absolute atomic E-state index is 0.0695. The van der Waals surface area contributed by atoms with Crippen LogP contribution >= 0.6 is 11.6 Å². The van der Waals surface area contributed by atoms with Crippen LogP contribution in [0.15, 0.2) is 47.4 Å². The molecule has 0 aliphatic heterocycles. The first-order valence-corrected chi connectivity index (χ1v) is 7.80. The van der Waals surface area contributed by atoms with Crippen molar-refractivity contribution in [2.24, 2.45) is 5.14 Å². The molecule has 2 aromatic rings. The molecule has 4 nitrogen and oxygen atoms in total. The Kier molecular flexibility index (Phi) is 4.32. The quantitative estimate of drug-likeness (QED) is 0.944. The van der Waals surface area contributed by atoms with E-state index in [4.69, 9.17) is 21.5 Å². The van der Waals surface area contributed by atoms with Crippen molar-refractivity contribution >= 4 is 21.6 Å². The van der Waals surface area contributed by atoms with Gasteiger partial charge in [-0.15, -0.1) is 0 Å². The van der Waals surface area contributed by atoms with Gasteiger partial charge in [-0.25, -0.2) is 13.6 Å². The minimum atomic E-state index is -3.69. The molecule has 0 fully saturated rings. The SMILES string of the molecule is Cc1cc(S(N)(=O)=O)ccc1OCc1ccccc1Cl. The maximum atomic E-state index is 11.2. The van der Waals surface area contributed by atoms with Crippen LogP contribution in [0, 0.1) is 6.92 Å². The topological polar surface area (TPSA) is 69.4 Å². The van der Waals surface area contributed by atoms with Gasteiger partial charge in [0.15, 0.2) is 0 Å². The van der Waals surface area contributed by atoms with Crippen LogP contribution in [0.3, 0.4) is 0 Å². The van der Waals surface area contributed by atoms with Crippen LogP contribution in [-0.2, 0) is 16.6 Å². The fourth-order valence-electron chi connectivity index (χ4n) is 1.73. The molecule has 0 aliphatic rings. The van der Waals surface area contributed by atoms with Crippen molar-refractivity contribution in [3.63, 3.8) is 0 Å². The Morgan fingerprint density at radius 2 is 1.90 bits per heavy atom. The number of primary sulfonamides is 1. The lowest BCUT2D eigenvalue weighted by Gasteiger charge is -2.11. The first-order valence-electron chi connectivity index (χ1n) is 5.87. The molecule has 6 heteroatoms. The van der Waals surface area contributed by atoms with Gasteiger partial charge in [0.05, 0.1) is 4.90 Å². The van der Waals surface area contributed by atoms with Crippen LogP contribution < -0.4 is 9.88 Å². The first-order chi connectivity index (χ1) is 9.38. The van der Waals surface area contributed by atoms with Gasteiger partial charge in [-0.2, -0.15) is 0 Å². The van der Waals surface area contributed by atoms with Gasteiger partial charge in [0, 0.05) is 10.6 Å². The van der Waals surface area contributed by atoms with E-state index in [2.05, 4.69) is 0 Å². The zero-order valence-electron chi connectivity index (χ0n) is 10.8. The Labute approximate surface area is 123 Å². The van der Waals surface area contributed by atoms with Crippen LogP contribution in [-0.4, -0.2) is 8.42 Å². The number of rotatable bonds is 4. The predicted octanol–water partition coefficient (Wildman–Crippen LogP) is 2.87. The van der Waals surface area contributed by atoms with Gasteiger partial charge in [0.1, 0.15) is 12.4 Å². The number of ether oxygens (including phenoxy) is 1. The summed E-state index contributed by atoms with van der Waals surface area (Å²) in [6, 6.07) is 11.9. The van der Waals surface area contributed by atoms with Crippen molar-refractivity contribution < 1.29 is 13.2 Å². The zero-order chi connectivity index (χ0) is 14.8. The third kappa shape index (κ3) is 3.50. The van der Waals surface area contributed by atoms with Crippen LogP contribution in [0.2, 0.25) is 5.02 Å². The normalized spacial score (nSPS) is 11.3. The minimum Gasteiger partial charge on any atom is -0.489 e. The number of benzene rings is 2. The molecular formula is C14H14ClNO3S. The molecule has 2 N–H and O–H groups in total. The number of sulfonamides is 1. The largest absolute Gasteiger partial charge is 0.489 e. The Hall–Kier alpha value is -1.56. The fourth-order valence-corrected chi connectivity index (χ4v) is 2.52. The molecule has 0 radical (unpaired) electrons. The lowest BCUT2D eigenvalue weighted by molar-refractivity contribution is 0.304. The van der Waals surface area contributed by atoms with E-state index < -0.39 is 10.0 Å². The van der Waals surface area contributed by atoms with Crippen LogP contribution in [0.4, 0.5) is 0 Å². The Morgan fingerprint density at radius 3 is 2.50 bits per heavy atom. The van der Waals surface area contributed by atoms with Gasteiger partial charge in [-0.05, 0) is 36.8 Å². The zero-order valence-corrected chi connectivity index (χ0v) is 12.4. The smallest absolute Gasteiger partial charge is 0.238 e. The number of hydrogen-bond donors (Lipinski definition) is 1. The van der Waals surface area contributed by atoms with Crippen molar-refractivity contribution in [2.45, 2.75) is 18.4 Å². The third-order valence-electron chi connectivity index (χ3n) is 2.82. The third-order valence-corrected chi connectivity index (χ3v) is 4.10. The van der Waals surface area contributed by atoms with Crippen molar-refractivity contribution in [2.75, 3.05) is 0 Å². The number of hydrogen-bond acceptors (Lipinski definition) is 3. The number of halogens is 1. The molecule has 0 unspecified atom stereocenters. The molecule has 0 saturated heterocycles. The summed E-state index contributed by atoms with van der Waals surface area (Å²) in [5.41, 5.74) is 1.56. The highest BCUT2D eigenvalue weighted by Crippen LogP contribution is 2.23. The van der Waals surface area contributed by atoms with Crippen LogP contribution in [0.1, 0.15) is 11.1 Å². The summed E-state index contributed by atoms with van der Waals surface area (Å²) in [6.45, 7) is 2.08. The summed E-state index contributed by atoms with van der Waals surface area (Å²) in [6.07, 6.45) is 0. The van der Waals surface area contributed by atoms with Crippen molar-refractivity contribution in [3.8, 4) is 5.75 Å². The first kappa shape index (κ1) is 14.8. The molecule has 0 aromatic heterocycles. The summed E-state index contributed by atoms with van der Waals surface area (Å²) < 4.78 is 28.1. The molecule has 2 aromatic carbocycles. The number of nitrogens with two attached hydrogens (primary N) is 1. The van der Waals surface area contributed by atoms with E-state index in [-0.39, 0.29) is 4.90 Å². The highest BCUT2D eigenvalue weighted by Gasteiger charge is 2.10. The van der Waals surface area contributed by atoms with Gasteiger partial charge in [0.25, 0.3) is 0 Å². The van der Waals surface area contributed by atoms with Crippen molar-refractivity contribution in [3.05, 3.63) is 58.6 Å². The molecule has 106 valence electrons. The van der Waals surface area contributed by atoms with Gasteiger partial charge in [-0.3, -0.25) is 0 Å². The second kappa shape index (κ2) is 5.83. The van der Waals surface area contributed by atoms with Gasteiger partial charge < -0.3 is 4.74 Å². The van der Waals surface area contributed by atoms with E-state index in [1.807, 2.05) is 18.2 Å². The highest BCUT2D eigenvalue weighted by molar-refractivity contribution is 7.89. The van der Waals surface area contributed by atoms with E-state index in [1.54, 1.807) is 19.1 Å². The van der Waals surface area contributed by atoms with E-state index in [9.17, 15) is 8.42 Å². The van der Waals surface area contributed by atoms with Gasteiger partial charge in [0.2, 0.25) is 10.0 Å². The summed E-state index contributed by atoms with van der Waals surface area (Å²) in [5.74, 6) is 0.595. The van der Waals surface area contributed by atoms with Gasteiger partial charge in [-0.1, -0.05) is 29.8 Å². The monoisotopic (exact) mass is 311 g/mol. The lowest BCUT2D eigenvalue weighted by atomic mass is 10.2. The summed E-state index contributed by atoms with van der Waals surface area (Å²) in [4.78, 5) is 0.0695. The van der Waals surface area contributed by atoms with Crippen molar-refractivity contribution in [1.29, 1.82) is 0 Å². The molecule has 2 rings (SSSR count). The predicted molar refractivity (Wildman–Crippen MR) is 78.3 cm³/mol. The second-order valence-electron chi connectivity index (χ2n) is 4.35. The van der Waals surface area contributed by atoms with Gasteiger partial charge >= 0.3 is 0 Å². The lowest BCUT2D eigenvalue weighted by Crippen LogP contribution is -2.12. The summed E-state index contributed by atoms with van der Waals surface area (Å²) in [7, 11) is -3.69. The Morgan fingerprint density at radius 1 is 1.20 bits per heavy atom. The highest BCUT2D eigenvalue weighted by atomic mass is 35.5. The van der Waals surface area contributed by atoms with Crippen LogP contribution in [0.25, 0.3) is 0 Å². The molecule has 0 spiro atoms. The van der Waals surface area contributed by atoms with Crippen LogP contribution in [0.5, 0.6) is 5.75 Å². The molecule has 0 saturated carbocycles. The molecule has 0 aliphatic carbocycles. The molecule has 20 heavy (non-hydrogen) atoms. The fraction of sp³-hybridized carbons (Fsp3) is 0.143. The van der Waals surface area contributed by atoms with E-state index in [0.717, 1.165) is 5.56 Å². The molecule has 0 atom stereocenters. The molecule has 0 bridgehead atoms. The Bertz CT molecular complexity index is 729.